The molecule has 2 rings (SSSR count). The van der Waals surface area contributed by atoms with Gasteiger partial charge in [0.2, 0.25) is 10.0 Å². The Morgan fingerprint density at radius 1 is 1.17 bits per heavy atom. The summed E-state index contributed by atoms with van der Waals surface area (Å²) < 4.78 is 31.9. The van der Waals surface area contributed by atoms with Crippen molar-refractivity contribution in [2.45, 2.75) is 11.4 Å². The molecule has 0 bridgehead atoms. The van der Waals surface area contributed by atoms with Gasteiger partial charge in [0.15, 0.2) is 0 Å². The van der Waals surface area contributed by atoms with E-state index < -0.39 is 10.0 Å². The van der Waals surface area contributed by atoms with Gasteiger partial charge in [0, 0.05) is 18.7 Å². The molecule has 0 unspecified atom stereocenters. The molecule has 2 N–H and O–H groups in total. The third-order valence-electron chi connectivity index (χ3n) is 3.29. The molecule has 7 nitrogen and oxygen atoms in total. The molecule has 0 atom stereocenters. The van der Waals surface area contributed by atoms with Crippen LogP contribution >= 0.6 is 0 Å². The lowest BCUT2D eigenvalue weighted by atomic mass is 10.2. The van der Waals surface area contributed by atoms with Gasteiger partial charge in [0.1, 0.15) is 5.76 Å². The van der Waals surface area contributed by atoms with E-state index in [9.17, 15) is 13.2 Å². The lowest BCUT2D eigenvalue weighted by Gasteiger charge is -2.11. The van der Waals surface area contributed by atoms with Crippen LogP contribution in [0.4, 0.5) is 0 Å². The van der Waals surface area contributed by atoms with Gasteiger partial charge < -0.3 is 14.6 Å². The highest BCUT2D eigenvalue weighted by molar-refractivity contribution is 7.89. The van der Waals surface area contributed by atoms with Crippen LogP contribution in [0, 0.1) is 0 Å². The number of carbonyl (C=O) groups excluding carboxylic acids is 1. The van der Waals surface area contributed by atoms with Crippen LogP contribution in [-0.2, 0) is 16.6 Å². The zero-order valence-electron chi connectivity index (χ0n) is 13.7. The molecule has 2 aromatic rings. The van der Waals surface area contributed by atoms with E-state index in [0.29, 0.717) is 17.9 Å². The summed E-state index contributed by atoms with van der Waals surface area (Å²) in [7, 11) is 0.181. The maximum Gasteiger partial charge on any atom is 0.251 e. The summed E-state index contributed by atoms with van der Waals surface area (Å²) in [6.07, 6.45) is 1.48. The minimum atomic E-state index is -3.66. The van der Waals surface area contributed by atoms with E-state index in [1.165, 1.54) is 30.5 Å². The molecule has 0 spiro atoms. The lowest BCUT2D eigenvalue weighted by molar-refractivity contribution is 0.0951. The summed E-state index contributed by atoms with van der Waals surface area (Å²) >= 11 is 0. The summed E-state index contributed by atoms with van der Waals surface area (Å²) in [4.78, 5) is 14.0. The van der Waals surface area contributed by atoms with Crippen LogP contribution in [-0.4, -0.2) is 46.4 Å². The molecule has 1 aromatic carbocycles. The van der Waals surface area contributed by atoms with Gasteiger partial charge in [-0.15, -0.1) is 0 Å². The van der Waals surface area contributed by atoms with Crippen molar-refractivity contribution in [3.8, 4) is 0 Å². The van der Waals surface area contributed by atoms with E-state index in [-0.39, 0.29) is 17.3 Å². The van der Waals surface area contributed by atoms with Gasteiger partial charge >= 0.3 is 0 Å². The Balaban J connectivity index is 1.96. The first-order valence-corrected chi connectivity index (χ1v) is 8.92. The van der Waals surface area contributed by atoms with Crippen LogP contribution in [0.25, 0.3) is 0 Å². The molecule has 8 heteroatoms. The van der Waals surface area contributed by atoms with E-state index in [0.717, 1.165) is 6.54 Å². The van der Waals surface area contributed by atoms with Crippen LogP contribution in [0.1, 0.15) is 16.1 Å². The molecule has 24 heavy (non-hydrogen) atoms. The molecule has 1 aromatic heterocycles. The number of furan rings is 1. The van der Waals surface area contributed by atoms with Gasteiger partial charge in [-0.2, -0.15) is 0 Å². The number of hydrogen-bond donors (Lipinski definition) is 2. The molecule has 0 aliphatic carbocycles. The largest absolute Gasteiger partial charge is 0.468 e. The number of nitrogens with one attached hydrogen (secondary N) is 2. The van der Waals surface area contributed by atoms with Gasteiger partial charge in [-0.25, -0.2) is 13.1 Å². The minimum Gasteiger partial charge on any atom is -0.468 e. The maximum absolute atomic E-state index is 12.2. The maximum atomic E-state index is 12.2. The highest BCUT2D eigenvalue weighted by Crippen LogP contribution is 2.11. The third kappa shape index (κ3) is 5.19. The summed E-state index contributed by atoms with van der Waals surface area (Å²) in [5.41, 5.74) is 0.416. The van der Waals surface area contributed by atoms with Crippen molar-refractivity contribution >= 4 is 15.9 Å². The number of likely N-dealkylation sites (N-methyl/N-ethyl adjacent to an activating group) is 1. The van der Waals surface area contributed by atoms with Crippen molar-refractivity contribution in [1.29, 1.82) is 0 Å². The Kier molecular flexibility index (Phi) is 6.13. The first-order valence-electron chi connectivity index (χ1n) is 7.43. The number of amides is 1. The Morgan fingerprint density at radius 2 is 1.88 bits per heavy atom. The van der Waals surface area contributed by atoms with Gasteiger partial charge in [-0.1, -0.05) is 0 Å². The van der Waals surface area contributed by atoms with Crippen LogP contribution in [0.15, 0.2) is 52.0 Å². The number of nitrogens with zero attached hydrogens (tertiary/aromatic N) is 1. The van der Waals surface area contributed by atoms with Crippen LogP contribution in [0.5, 0.6) is 0 Å². The van der Waals surface area contributed by atoms with Gasteiger partial charge in [-0.3, -0.25) is 4.79 Å². The van der Waals surface area contributed by atoms with Gasteiger partial charge in [-0.05, 0) is 50.5 Å². The first-order chi connectivity index (χ1) is 11.4. The Hall–Kier alpha value is -2.16. The van der Waals surface area contributed by atoms with Crippen LogP contribution < -0.4 is 10.0 Å². The molecule has 1 amide bonds. The molecule has 130 valence electrons. The third-order valence-corrected chi connectivity index (χ3v) is 4.71. The Labute approximate surface area is 141 Å². The molecular formula is C16H21N3O4S. The smallest absolute Gasteiger partial charge is 0.251 e. The predicted molar refractivity (Wildman–Crippen MR) is 90.1 cm³/mol. The SMILES string of the molecule is CN(C)CCNC(=O)c1ccc(S(=O)(=O)NCc2ccco2)cc1. The van der Waals surface area contributed by atoms with Crippen molar-refractivity contribution in [3.63, 3.8) is 0 Å². The molecule has 0 saturated carbocycles. The number of carbonyl (C=O) groups is 1. The van der Waals surface area contributed by atoms with Crippen molar-refractivity contribution < 1.29 is 17.6 Å². The second-order valence-corrected chi connectivity index (χ2v) is 7.25. The van der Waals surface area contributed by atoms with Gasteiger partial charge in [0.05, 0.1) is 17.7 Å². The summed E-state index contributed by atoms with van der Waals surface area (Å²) in [6, 6.07) is 9.17. The average molecular weight is 351 g/mol. The van der Waals surface area contributed by atoms with Gasteiger partial charge in [0.25, 0.3) is 5.91 Å². The van der Waals surface area contributed by atoms with Crippen LogP contribution in [0.2, 0.25) is 0 Å². The standard InChI is InChI=1S/C16H21N3O4S/c1-19(2)10-9-17-16(20)13-5-7-15(8-6-13)24(21,22)18-12-14-4-3-11-23-14/h3-8,11,18H,9-10,12H2,1-2H3,(H,17,20). The zero-order chi connectivity index (χ0) is 17.6. The fourth-order valence-electron chi connectivity index (χ4n) is 1.94. The molecule has 0 radical (unpaired) electrons. The number of rotatable bonds is 8. The summed E-state index contributed by atoms with van der Waals surface area (Å²) in [5.74, 6) is 0.291. The van der Waals surface area contributed by atoms with Crippen LogP contribution in [0.3, 0.4) is 0 Å². The van der Waals surface area contributed by atoms with E-state index in [1.54, 1.807) is 12.1 Å². The van der Waals surface area contributed by atoms with Crippen molar-refractivity contribution in [3.05, 3.63) is 54.0 Å². The second-order valence-electron chi connectivity index (χ2n) is 5.49. The monoisotopic (exact) mass is 351 g/mol. The van der Waals surface area contributed by atoms with Crippen molar-refractivity contribution in [2.24, 2.45) is 0 Å². The topological polar surface area (TPSA) is 91.7 Å². The number of hydrogen-bond acceptors (Lipinski definition) is 5. The fourth-order valence-corrected chi connectivity index (χ4v) is 2.94. The molecular weight excluding hydrogens is 330 g/mol. The number of sulfonamides is 1. The Morgan fingerprint density at radius 3 is 2.46 bits per heavy atom. The van der Waals surface area contributed by atoms with E-state index in [2.05, 4.69) is 10.0 Å². The second kappa shape index (κ2) is 8.09. The van der Waals surface area contributed by atoms with E-state index in [4.69, 9.17) is 4.42 Å². The zero-order valence-corrected chi connectivity index (χ0v) is 14.5. The highest BCUT2D eigenvalue weighted by Gasteiger charge is 2.15. The van der Waals surface area contributed by atoms with E-state index >= 15 is 0 Å². The van der Waals surface area contributed by atoms with Crippen molar-refractivity contribution in [1.82, 2.24) is 14.9 Å². The summed E-state index contributed by atoms with van der Waals surface area (Å²) in [5, 5.41) is 2.77. The summed E-state index contributed by atoms with van der Waals surface area (Å²) in [6.45, 7) is 1.33. The Bertz CT molecular complexity index is 753. The predicted octanol–water partition coefficient (Wildman–Crippen LogP) is 1.05. The fraction of sp³-hybridized carbons (Fsp3) is 0.312. The molecule has 0 saturated heterocycles. The quantitative estimate of drug-likeness (QED) is 0.742. The molecule has 0 fully saturated rings. The molecule has 0 aliphatic heterocycles. The minimum absolute atomic E-state index is 0.0715. The first kappa shape index (κ1) is 18.2. The highest BCUT2D eigenvalue weighted by atomic mass is 32.2. The van der Waals surface area contributed by atoms with E-state index in [1.807, 2.05) is 19.0 Å². The average Bonchev–Trinajstić information content (AvgIpc) is 3.06. The molecule has 1 heterocycles. The normalized spacial score (nSPS) is 11.6. The number of benzene rings is 1. The van der Waals surface area contributed by atoms with Crippen molar-refractivity contribution in [2.75, 3.05) is 27.2 Å². The lowest BCUT2D eigenvalue weighted by Crippen LogP contribution is -2.31. The molecule has 0 aliphatic rings.